The molecule has 2 N–H and O–H groups in total. The maximum Gasteiger partial charge on any atom is 0.310 e. The molecule has 0 fully saturated rings. The van der Waals surface area contributed by atoms with Crippen molar-refractivity contribution >= 4 is 5.97 Å². The maximum absolute atomic E-state index is 11.3. The third-order valence-electron chi connectivity index (χ3n) is 4.07. The SMILES string of the molecule is CCC(C)C(C)NCC(CC)(CC)C(=O)O. The second-order valence-electron chi connectivity index (χ2n) is 4.85. The third-order valence-corrected chi connectivity index (χ3v) is 4.07. The van der Waals surface area contributed by atoms with Gasteiger partial charge in [0.25, 0.3) is 0 Å². The van der Waals surface area contributed by atoms with E-state index >= 15 is 0 Å². The first-order valence-electron chi connectivity index (χ1n) is 6.40. The van der Waals surface area contributed by atoms with E-state index in [9.17, 15) is 9.90 Å². The molecule has 0 aromatic carbocycles. The van der Waals surface area contributed by atoms with Crippen molar-refractivity contribution in [3.63, 3.8) is 0 Å². The summed E-state index contributed by atoms with van der Waals surface area (Å²) in [5.74, 6) is -0.0958. The molecule has 0 saturated carbocycles. The van der Waals surface area contributed by atoms with Gasteiger partial charge in [-0.25, -0.2) is 0 Å². The van der Waals surface area contributed by atoms with Gasteiger partial charge in [-0.3, -0.25) is 4.79 Å². The molecule has 0 spiro atoms. The summed E-state index contributed by atoms with van der Waals surface area (Å²) in [7, 11) is 0. The number of rotatable bonds is 8. The van der Waals surface area contributed by atoms with Crippen molar-refractivity contribution in [3.8, 4) is 0 Å². The summed E-state index contributed by atoms with van der Waals surface area (Å²) in [6.07, 6.45) is 2.48. The van der Waals surface area contributed by atoms with Crippen molar-refractivity contribution < 1.29 is 9.90 Å². The van der Waals surface area contributed by atoms with Crippen molar-refractivity contribution in [3.05, 3.63) is 0 Å². The van der Waals surface area contributed by atoms with Crippen LogP contribution >= 0.6 is 0 Å². The third kappa shape index (κ3) is 3.78. The Hall–Kier alpha value is -0.570. The van der Waals surface area contributed by atoms with Crippen molar-refractivity contribution in [1.82, 2.24) is 5.32 Å². The van der Waals surface area contributed by atoms with Gasteiger partial charge >= 0.3 is 5.97 Å². The molecule has 3 heteroatoms. The smallest absolute Gasteiger partial charge is 0.310 e. The lowest BCUT2D eigenvalue weighted by molar-refractivity contribution is -0.149. The summed E-state index contributed by atoms with van der Waals surface area (Å²) in [5, 5.41) is 12.7. The summed E-state index contributed by atoms with van der Waals surface area (Å²) < 4.78 is 0. The second-order valence-corrected chi connectivity index (χ2v) is 4.85. The fourth-order valence-electron chi connectivity index (χ4n) is 1.79. The van der Waals surface area contributed by atoms with Crippen LogP contribution in [0, 0.1) is 11.3 Å². The van der Waals surface area contributed by atoms with Crippen molar-refractivity contribution in [2.45, 2.75) is 59.9 Å². The van der Waals surface area contributed by atoms with Gasteiger partial charge in [0.15, 0.2) is 0 Å². The summed E-state index contributed by atoms with van der Waals surface area (Å²) >= 11 is 0. The Bertz CT molecular complexity index is 212. The van der Waals surface area contributed by atoms with Crippen LogP contribution in [0.4, 0.5) is 0 Å². The Balaban J connectivity index is 4.38. The zero-order valence-corrected chi connectivity index (χ0v) is 11.3. The summed E-state index contributed by atoms with van der Waals surface area (Å²) in [6, 6.07) is 0.377. The van der Waals surface area contributed by atoms with Crippen LogP contribution in [0.3, 0.4) is 0 Å². The molecule has 0 rings (SSSR count). The van der Waals surface area contributed by atoms with Crippen LogP contribution in [0.15, 0.2) is 0 Å². The molecule has 0 aliphatic rings. The number of hydrogen-bond donors (Lipinski definition) is 2. The first-order chi connectivity index (χ1) is 7.43. The molecule has 0 heterocycles. The minimum Gasteiger partial charge on any atom is -0.481 e. The molecule has 0 amide bonds. The van der Waals surface area contributed by atoms with Gasteiger partial charge in [-0.1, -0.05) is 34.1 Å². The number of nitrogens with one attached hydrogen (secondary N) is 1. The minimum absolute atomic E-state index is 0.377. The molecular formula is C13H27NO2. The van der Waals surface area contributed by atoms with Crippen LogP contribution < -0.4 is 5.32 Å². The quantitative estimate of drug-likeness (QED) is 0.673. The van der Waals surface area contributed by atoms with Gasteiger partial charge in [0.1, 0.15) is 0 Å². The summed E-state index contributed by atoms with van der Waals surface area (Å²) in [5.41, 5.74) is -0.596. The molecular weight excluding hydrogens is 202 g/mol. The molecule has 0 aliphatic carbocycles. The van der Waals surface area contributed by atoms with E-state index in [1.807, 2.05) is 13.8 Å². The fraction of sp³-hybridized carbons (Fsp3) is 0.923. The van der Waals surface area contributed by atoms with E-state index in [-0.39, 0.29) is 0 Å². The average Bonchev–Trinajstić information content (AvgIpc) is 2.29. The van der Waals surface area contributed by atoms with E-state index in [1.54, 1.807) is 0 Å². The van der Waals surface area contributed by atoms with E-state index < -0.39 is 11.4 Å². The Kier molecular flexibility index (Phi) is 6.65. The van der Waals surface area contributed by atoms with Gasteiger partial charge in [0, 0.05) is 12.6 Å². The van der Waals surface area contributed by atoms with Gasteiger partial charge in [0.2, 0.25) is 0 Å². The zero-order valence-electron chi connectivity index (χ0n) is 11.3. The number of carboxylic acids is 1. The number of carbonyl (C=O) groups is 1. The Labute approximate surface area is 99.6 Å². The molecule has 0 radical (unpaired) electrons. The monoisotopic (exact) mass is 229 g/mol. The minimum atomic E-state index is -0.679. The summed E-state index contributed by atoms with van der Waals surface area (Å²) in [6.45, 7) is 11.0. The molecule has 0 aromatic rings. The van der Waals surface area contributed by atoms with Crippen LogP contribution in [-0.2, 0) is 4.79 Å². The van der Waals surface area contributed by atoms with Gasteiger partial charge < -0.3 is 10.4 Å². The highest BCUT2D eigenvalue weighted by Crippen LogP contribution is 2.26. The summed E-state index contributed by atoms with van der Waals surface area (Å²) in [4.78, 5) is 11.3. The average molecular weight is 229 g/mol. The lowest BCUT2D eigenvalue weighted by Crippen LogP contribution is -2.44. The molecule has 0 aromatic heterocycles. The van der Waals surface area contributed by atoms with Crippen molar-refractivity contribution in [1.29, 1.82) is 0 Å². The maximum atomic E-state index is 11.3. The second kappa shape index (κ2) is 6.89. The Morgan fingerprint density at radius 2 is 1.75 bits per heavy atom. The topological polar surface area (TPSA) is 49.3 Å². The van der Waals surface area contributed by atoms with Crippen LogP contribution in [-0.4, -0.2) is 23.7 Å². The predicted molar refractivity (Wildman–Crippen MR) is 67.6 cm³/mol. The van der Waals surface area contributed by atoms with Gasteiger partial charge in [-0.15, -0.1) is 0 Å². The van der Waals surface area contributed by atoms with Crippen LogP contribution in [0.2, 0.25) is 0 Å². The van der Waals surface area contributed by atoms with Crippen LogP contribution in [0.5, 0.6) is 0 Å². The van der Waals surface area contributed by atoms with E-state index in [1.165, 1.54) is 0 Å². The number of aliphatic carboxylic acids is 1. The van der Waals surface area contributed by atoms with Crippen molar-refractivity contribution in [2.75, 3.05) is 6.54 Å². The molecule has 3 nitrogen and oxygen atoms in total. The van der Waals surface area contributed by atoms with E-state index in [0.29, 0.717) is 31.3 Å². The first-order valence-corrected chi connectivity index (χ1v) is 6.40. The number of carboxylic acid groups (broad SMARTS) is 1. The highest BCUT2D eigenvalue weighted by atomic mass is 16.4. The lowest BCUT2D eigenvalue weighted by Gasteiger charge is -2.30. The standard InChI is InChI=1S/C13H27NO2/c1-6-10(4)11(5)14-9-13(7-2,8-3)12(15)16/h10-11,14H,6-9H2,1-5H3,(H,15,16). The first kappa shape index (κ1) is 15.4. The van der Waals surface area contributed by atoms with E-state index in [0.717, 1.165) is 6.42 Å². The van der Waals surface area contributed by atoms with Crippen molar-refractivity contribution in [2.24, 2.45) is 11.3 Å². The van der Waals surface area contributed by atoms with Gasteiger partial charge in [-0.2, -0.15) is 0 Å². The normalized spacial score (nSPS) is 15.8. The van der Waals surface area contributed by atoms with Gasteiger partial charge in [0.05, 0.1) is 5.41 Å². The highest BCUT2D eigenvalue weighted by Gasteiger charge is 2.34. The largest absolute Gasteiger partial charge is 0.481 e. The molecule has 0 bridgehead atoms. The molecule has 0 aliphatic heterocycles. The molecule has 2 unspecified atom stereocenters. The fourth-order valence-corrected chi connectivity index (χ4v) is 1.79. The van der Waals surface area contributed by atoms with Crippen LogP contribution in [0.1, 0.15) is 53.9 Å². The predicted octanol–water partition coefficient (Wildman–Crippen LogP) is 2.90. The lowest BCUT2D eigenvalue weighted by atomic mass is 9.82. The molecule has 16 heavy (non-hydrogen) atoms. The van der Waals surface area contributed by atoms with Gasteiger partial charge in [-0.05, 0) is 25.7 Å². The highest BCUT2D eigenvalue weighted by molar-refractivity contribution is 5.74. The van der Waals surface area contributed by atoms with E-state index in [2.05, 4.69) is 26.1 Å². The van der Waals surface area contributed by atoms with E-state index in [4.69, 9.17) is 0 Å². The zero-order chi connectivity index (χ0) is 12.8. The molecule has 2 atom stereocenters. The Morgan fingerprint density at radius 1 is 1.25 bits per heavy atom. The molecule has 96 valence electrons. The number of hydrogen-bond acceptors (Lipinski definition) is 2. The van der Waals surface area contributed by atoms with Crippen LogP contribution in [0.25, 0.3) is 0 Å². The Morgan fingerprint density at radius 3 is 2.06 bits per heavy atom. The molecule has 0 saturated heterocycles.